The number of allylic oxidation sites excluding steroid dienone is 2. The van der Waals surface area contributed by atoms with Crippen LogP contribution in [0.15, 0.2) is 24.3 Å². The van der Waals surface area contributed by atoms with E-state index in [1.807, 2.05) is 6.92 Å². The monoisotopic (exact) mass is 243 g/mol. The molecule has 0 bridgehead atoms. The van der Waals surface area contributed by atoms with E-state index < -0.39 is 0 Å². The smallest absolute Gasteiger partial charge is 0.143 e. The molecule has 0 unspecified atom stereocenters. The highest BCUT2D eigenvalue weighted by atomic mass is 16.1. The molecule has 1 aliphatic rings. The first-order chi connectivity index (χ1) is 8.45. The van der Waals surface area contributed by atoms with Gasteiger partial charge >= 0.3 is 0 Å². The van der Waals surface area contributed by atoms with Crippen molar-refractivity contribution in [3.63, 3.8) is 0 Å². The van der Waals surface area contributed by atoms with Crippen LogP contribution in [0.2, 0.25) is 0 Å². The van der Waals surface area contributed by atoms with Gasteiger partial charge in [-0.2, -0.15) is 0 Å². The van der Waals surface area contributed by atoms with Gasteiger partial charge in [-0.05, 0) is 53.7 Å². The summed E-state index contributed by atoms with van der Waals surface area (Å²) in [5.41, 5.74) is 5.07. The summed E-state index contributed by atoms with van der Waals surface area (Å²) in [6.45, 7) is 7.67. The Hall–Kier alpha value is -1.57. The fourth-order valence-corrected chi connectivity index (χ4v) is 2.56. The number of benzene rings is 1. The van der Waals surface area contributed by atoms with Crippen molar-refractivity contribution in [3.05, 3.63) is 35.4 Å². The highest BCUT2D eigenvalue weighted by Crippen LogP contribution is 2.40. The Morgan fingerprint density at radius 2 is 2.11 bits per heavy atom. The van der Waals surface area contributed by atoms with Crippen molar-refractivity contribution in [2.75, 3.05) is 18.5 Å². The highest BCUT2D eigenvalue weighted by molar-refractivity contribution is 5.81. The molecule has 0 saturated carbocycles. The van der Waals surface area contributed by atoms with Gasteiger partial charge in [0.1, 0.15) is 6.29 Å². The molecule has 0 saturated heterocycles. The van der Waals surface area contributed by atoms with Crippen molar-refractivity contribution < 1.29 is 4.79 Å². The number of fused-ring (bicyclic) bond motifs is 1. The van der Waals surface area contributed by atoms with Gasteiger partial charge in [-0.1, -0.05) is 19.9 Å². The molecule has 0 N–H and O–H groups in total. The van der Waals surface area contributed by atoms with E-state index >= 15 is 0 Å². The lowest BCUT2D eigenvalue weighted by molar-refractivity contribution is -0.104. The first-order valence-electron chi connectivity index (χ1n) is 6.44. The minimum Gasteiger partial charge on any atom is -0.374 e. The summed E-state index contributed by atoms with van der Waals surface area (Å²) in [5.74, 6) is 0. The zero-order valence-corrected chi connectivity index (χ0v) is 11.7. The van der Waals surface area contributed by atoms with Gasteiger partial charge in [-0.3, -0.25) is 4.79 Å². The standard InChI is InChI=1S/C16H21NO/c1-12(7-10-18)13-5-6-15-14(11-13)16(2,3)8-9-17(15)4/h5-7,10-11H,8-9H2,1-4H3/b12-7+. The first kappa shape index (κ1) is 12.9. The van der Waals surface area contributed by atoms with E-state index in [1.165, 1.54) is 11.3 Å². The number of rotatable bonds is 2. The number of aldehydes is 1. The molecule has 1 aromatic carbocycles. The van der Waals surface area contributed by atoms with E-state index in [1.54, 1.807) is 6.08 Å². The molecule has 0 radical (unpaired) electrons. The van der Waals surface area contributed by atoms with E-state index in [9.17, 15) is 4.79 Å². The molecule has 2 nitrogen and oxygen atoms in total. The molecule has 0 spiro atoms. The van der Waals surface area contributed by atoms with Gasteiger partial charge in [-0.15, -0.1) is 0 Å². The number of hydrogen-bond acceptors (Lipinski definition) is 2. The zero-order valence-electron chi connectivity index (χ0n) is 11.7. The van der Waals surface area contributed by atoms with Crippen molar-refractivity contribution >= 4 is 17.5 Å². The summed E-state index contributed by atoms with van der Waals surface area (Å²) >= 11 is 0. The average Bonchev–Trinajstić information content (AvgIpc) is 2.34. The Morgan fingerprint density at radius 1 is 1.39 bits per heavy atom. The van der Waals surface area contributed by atoms with E-state index in [4.69, 9.17) is 0 Å². The van der Waals surface area contributed by atoms with Crippen LogP contribution >= 0.6 is 0 Å². The molecule has 0 aliphatic carbocycles. The van der Waals surface area contributed by atoms with Gasteiger partial charge in [-0.25, -0.2) is 0 Å². The minimum atomic E-state index is 0.208. The second-order valence-electron chi connectivity index (χ2n) is 5.77. The Bertz CT molecular complexity index is 500. The molecule has 96 valence electrons. The molecule has 0 fully saturated rings. The summed E-state index contributed by atoms with van der Waals surface area (Å²) in [5, 5.41) is 0. The summed E-state index contributed by atoms with van der Waals surface area (Å²) in [6, 6.07) is 6.51. The van der Waals surface area contributed by atoms with Crippen LogP contribution in [0.3, 0.4) is 0 Å². The number of anilines is 1. The van der Waals surface area contributed by atoms with Crippen LogP contribution < -0.4 is 4.90 Å². The van der Waals surface area contributed by atoms with E-state index in [0.29, 0.717) is 0 Å². The predicted molar refractivity (Wildman–Crippen MR) is 77.1 cm³/mol. The molecular weight excluding hydrogens is 222 g/mol. The third-order valence-electron chi connectivity index (χ3n) is 3.98. The molecule has 0 aromatic heterocycles. The van der Waals surface area contributed by atoms with Gasteiger partial charge in [0.25, 0.3) is 0 Å². The molecule has 2 rings (SSSR count). The molecular formula is C16H21NO. The Labute approximate surface area is 109 Å². The third kappa shape index (κ3) is 2.20. The largest absolute Gasteiger partial charge is 0.374 e. The second kappa shape index (κ2) is 4.60. The van der Waals surface area contributed by atoms with E-state index in [0.717, 1.165) is 30.4 Å². The lowest BCUT2D eigenvalue weighted by atomic mass is 9.77. The normalized spacial score (nSPS) is 18.4. The van der Waals surface area contributed by atoms with Crippen LogP contribution in [0, 0.1) is 0 Å². The molecule has 0 amide bonds. The zero-order chi connectivity index (χ0) is 13.3. The van der Waals surface area contributed by atoms with Gasteiger partial charge in [0.2, 0.25) is 0 Å². The van der Waals surface area contributed by atoms with Crippen LogP contribution in [0.25, 0.3) is 5.57 Å². The van der Waals surface area contributed by atoms with Gasteiger partial charge < -0.3 is 4.90 Å². The Morgan fingerprint density at radius 3 is 2.78 bits per heavy atom. The second-order valence-corrected chi connectivity index (χ2v) is 5.77. The maximum absolute atomic E-state index is 10.6. The third-order valence-corrected chi connectivity index (χ3v) is 3.98. The lowest BCUT2D eigenvalue weighted by Crippen LogP contribution is -2.34. The van der Waals surface area contributed by atoms with Gasteiger partial charge in [0, 0.05) is 19.3 Å². The van der Waals surface area contributed by atoms with Crippen molar-refractivity contribution in [3.8, 4) is 0 Å². The van der Waals surface area contributed by atoms with Crippen LogP contribution in [0.1, 0.15) is 38.3 Å². The van der Waals surface area contributed by atoms with E-state index in [-0.39, 0.29) is 5.41 Å². The van der Waals surface area contributed by atoms with Gasteiger partial charge in [0.15, 0.2) is 0 Å². The van der Waals surface area contributed by atoms with Crippen LogP contribution in [0.4, 0.5) is 5.69 Å². The summed E-state index contributed by atoms with van der Waals surface area (Å²) in [7, 11) is 2.14. The van der Waals surface area contributed by atoms with Crippen LogP contribution in [-0.4, -0.2) is 19.9 Å². The molecule has 18 heavy (non-hydrogen) atoms. The maximum Gasteiger partial charge on any atom is 0.143 e. The maximum atomic E-state index is 10.6. The minimum absolute atomic E-state index is 0.208. The summed E-state index contributed by atoms with van der Waals surface area (Å²) in [4.78, 5) is 12.9. The Kier molecular flexibility index (Phi) is 3.29. The van der Waals surface area contributed by atoms with Crippen LogP contribution in [0.5, 0.6) is 0 Å². The van der Waals surface area contributed by atoms with Crippen molar-refractivity contribution in [2.24, 2.45) is 0 Å². The number of hydrogen-bond donors (Lipinski definition) is 0. The SMILES string of the molecule is C/C(=C\C=O)c1ccc2c(c1)C(C)(C)CCN2C. The number of nitrogens with zero attached hydrogens (tertiary/aromatic N) is 1. The number of carbonyl (C=O) groups is 1. The van der Waals surface area contributed by atoms with E-state index in [2.05, 4.69) is 44.0 Å². The Balaban J connectivity index is 2.53. The number of carbonyl (C=O) groups excluding carboxylic acids is 1. The molecule has 0 atom stereocenters. The first-order valence-corrected chi connectivity index (χ1v) is 6.44. The van der Waals surface area contributed by atoms with Crippen LogP contribution in [-0.2, 0) is 10.2 Å². The molecule has 2 heteroatoms. The molecule has 1 heterocycles. The van der Waals surface area contributed by atoms with Gasteiger partial charge in [0.05, 0.1) is 0 Å². The fourth-order valence-electron chi connectivity index (χ4n) is 2.56. The fraction of sp³-hybridized carbons (Fsp3) is 0.438. The molecule has 1 aromatic rings. The van der Waals surface area contributed by atoms with Crippen molar-refractivity contribution in [2.45, 2.75) is 32.6 Å². The highest BCUT2D eigenvalue weighted by Gasteiger charge is 2.29. The molecule has 1 aliphatic heterocycles. The average molecular weight is 243 g/mol. The quantitative estimate of drug-likeness (QED) is 0.586. The topological polar surface area (TPSA) is 20.3 Å². The van der Waals surface area contributed by atoms with Crippen molar-refractivity contribution in [1.82, 2.24) is 0 Å². The van der Waals surface area contributed by atoms with Crippen molar-refractivity contribution in [1.29, 1.82) is 0 Å². The summed E-state index contributed by atoms with van der Waals surface area (Å²) < 4.78 is 0. The summed E-state index contributed by atoms with van der Waals surface area (Å²) in [6.07, 6.45) is 3.64. The predicted octanol–water partition coefficient (Wildman–Crippen LogP) is 3.41. The lowest BCUT2D eigenvalue weighted by Gasteiger charge is -2.38.